The van der Waals surface area contributed by atoms with E-state index in [1.54, 1.807) is 18.5 Å². The topological polar surface area (TPSA) is 84.2 Å². The lowest BCUT2D eigenvalue weighted by molar-refractivity contribution is -0.140. The van der Waals surface area contributed by atoms with Gasteiger partial charge >= 0.3 is 5.97 Å². The summed E-state index contributed by atoms with van der Waals surface area (Å²) in [6.07, 6.45) is 0. The number of carboxylic acid groups (broad SMARTS) is 1. The van der Waals surface area contributed by atoms with E-state index < -0.39 is 11.9 Å². The summed E-state index contributed by atoms with van der Waals surface area (Å²) >= 11 is 0. The quantitative estimate of drug-likeness (QED) is 0.819. The fourth-order valence-electron chi connectivity index (χ4n) is 1.75. The predicted octanol–water partition coefficient (Wildman–Crippen LogP) is 0.970. The molecule has 0 bridgehead atoms. The van der Waals surface area contributed by atoms with Crippen LogP contribution in [0.15, 0.2) is 0 Å². The van der Waals surface area contributed by atoms with E-state index in [0.29, 0.717) is 17.8 Å². The van der Waals surface area contributed by atoms with Crippen molar-refractivity contribution in [3.63, 3.8) is 0 Å². The minimum atomic E-state index is -0.923. The Bertz CT molecular complexity index is 465. The number of carbonyl (C=O) groups is 2. The number of aromatic nitrogens is 2. The predicted molar refractivity (Wildman–Crippen MR) is 66.5 cm³/mol. The van der Waals surface area contributed by atoms with Crippen LogP contribution in [-0.4, -0.2) is 33.3 Å². The first-order valence-electron chi connectivity index (χ1n) is 5.93. The van der Waals surface area contributed by atoms with E-state index in [9.17, 15) is 9.59 Å². The molecular weight excluding hydrogens is 234 g/mol. The number of carboxylic acids is 1. The molecule has 1 aromatic heterocycles. The molecule has 0 radical (unpaired) electrons. The molecule has 2 N–H and O–H groups in total. The Balaban J connectivity index is 2.79. The van der Waals surface area contributed by atoms with Crippen molar-refractivity contribution in [2.24, 2.45) is 5.92 Å². The molecule has 1 unspecified atom stereocenters. The number of nitrogens with one attached hydrogen (secondary N) is 1. The van der Waals surface area contributed by atoms with Crippen LogP contribution in [-0.2, 0) is 11.3 Å². The molecule has 0 saturated heterocycles. The van der Waals surface area contributed by atoms with Crippen molar-refractivity contribution in [2.45, 2.75) is 34.2 Å². The van der Waals surface area contributed by atoms with Gasteiger partial charge in [0.05, 0.1) is 17.2 Å². The molecule has 1 heterocycles. The second-order valence-electron chi connectivity index (χ2n) is 4.31. The molecule has 0 spiro atoms. The van der Waals surface area contributed by atoms with Gasteiger partial charge in [-0.25, -0.2) is 0 Å². The molecule has 0 aliphatic carbocycles. The molecule has 1 aromatic rings. The summed E-state index contributed by atoms with van der Waals surface area (Å²) in [4.78, 5) is 22.7. The Hall–Kier alpha value is -1.85. The Morgan fingerprint density at radius 1 is 1.44 bits per heavy atom. The standard InChI is InChI=1S/C12H19N3O3/c1-5-15-9(4)10(8(3)14-15)11(16)13-6-7(2)12(17)18/h7H,5-6H2,1-4H3,(H,13,16)(H,17,18). The Morgan fingerprint density at radius 3 is 2.50 bits per heavy atom. The number of carbonyl (C=O) groups excluding carboxylic acids is 1. The molecule has 6 nitrogen and oxygen atoms in total. The third-order valence-electron chi connectivity index (χ3n) is 2.90. The second-order valence-corrected chi connectivity index (χ2v) is 4.31. The zero-order valence-electron chi connectivity index (χ0n) is 11.1. The third-order valence-corrected chi connectivity index (χ3v) is 2.90. The molecule has 0 aliphatic rings. The van der Waals surface area contributed by atoms with E-state index in [1.165, 1.54) is 0 Å². The van der Waals surface area contributed by atoms with Crippen molar-refractivity contribution in [1.29, 1.82) is 0 Å². The van der Waals surface area contributed by atoms with Gasteiger partial charge in [-0.1, -0.05) is 6.92 Å². The van der Waals surface area contributed by atoms with Crippen molar-refractivity contribution in [2.75, 3.05) is 6.54 Å². The van der Waals surface area contributed by atoms with Crippen LogP contribution in [0, 0.1) is 19.8 Å². The van der Waals surface area contributed by atoms with Crippen molar-refractivity contribution in [1.82, 2.24) is 15.1 Å². The molecule has 0 fully saturated rings. The molecule has 0 saturated carbocycles. The first-order valence-corrected chi connectivity index (χ1v) is 5.93. The van der Waals surface area contributed by atoms with E-state index in [1.807, 2.05) is 13.8 Å². The normalized spacial score (nSPS) is 12.2. The third kappa shape index (κ3) is 2.88. The SMILES string of the molecule is CCn1nc(C)c(C(=O)NCC(C)C(=O)O)c1C. The van der Waals surface area contributed by atoms with Crippen LogP contribution in [0.1, 0.15) is 35.6 Å². The van der Waals surface area contributed by atoms with Crippen LogP contribution in [0.2, 0.25) is 0 Å². The number of nitrogens with zero attached hydrogens (tertiary/aromatic N) is 2. The van der Waals surface area contributed by atoms with E-state index in [4.69, 9.17) is 5.11 Å². The van der Waals surface area contributed by atoms with Crippen LogP contribution in [0.5, 0.6) is 0 Å². The van der Waals surface area contributed by atoms with E-state index >= 15 is 0 Å². The van der Waals surface area contributed by atoms with E-state index in [0.717, 1.165) is 5.69 Å². The van der Waals surface area contributed by atoms with Crippen LogP contribution < -0.4 is 5.32 Å². The largest absolute Gasteiger partial charge is 0.481 e. The van der Waals surface area contributed by atoms with Gasteiger partial charge < -0.3 is 10.4 Å². The number of aliphatic carboxylic acids is 1. The smallest absolute Gasteiger partial charge is 0.308 e. The van der Waals surface area contributed by atoms with Gasteiger partial charge in [0, 0.05) is 18.8 Å². The van der Waals surface area contributed by atoms with Gasteiger partial charge in [-0.2, -0.15) is 5.10 Å². The lowest BCUT2D eigenvalue weighted by Crippen LogP contribution is -2.32. The highest BCUT2D eigenvalue weighted by Crippen LogP contribution is 2.12. The minimum Gasteiger partial charge on any atom is -0.481 e. The Labute approximate surface area is 106 Å². The van der Waals surface area contributed by atoms with Crippen molar-refractivity contribution in [3.8, 4) is 0 Å². The van der Waals surface area contributed by atoms with Crippen LogP contribution in [0.4, 0.5) is 0 Å². The Kier molecular flexibility index (Phi) is 4.47. The van der Waals surface area contributed by atoms with E-state index in [-0.39, 0.29) is 12.5 Å². The van der Waals surface area contributed by atoms with Crippen molar-refractivity contribution >= 4 is 11.9 Å². The van der Waals surface area contributed by atoms with Crippen LogP contribution in [0.25, 0.3) is 0 Å². The summed E-state index contributed by atoms with van der Waals surface area (Å²) in [6, 6.07) is 0. The molecule has 0 aromatic carbocycles. The zero-order valence-corrected chi connectivity index (χ0v) is 11.1. The maximum Gasteiger partial charge on any atom is 0.308 e. The van der Waals surface area contributed by atoms with Gasteiger partial charge in [-0.05, 0) is 20.8 Å². The van der Waals surface area contributed by atoms with Gasteiger partial charge in [0.1, 0.15) is 0 Å². The van der Waals surface area contributed by atoms with Crippen molar-refractivity contribution < 1.29 is 14.7 Å². The zero-order chi connectivity index (χ0) is 13.9. The van der Waals surface area contributed by atoms with Gasteiger partial charge in [0.2, 0.25) is 0 Å². The first-order chi connectivity index (χ1) is 8.38. The summed E-state index contributed by atoms with van der Waals surface area (Å²) in [7, 11) is 0. The minimum absolute atomic E-state index is 0.115. The number of hydrogen-bond acceptors (Lipinski definition) is 3. The first kappa shape index (κ1) is 14.2. The summed E-state index contributed by atoms with van der Waals surface area (Å²) in [5.41, 5.74) is 2.00. The fourth-order valence-corrected chi connectivity index (χ4v) is 1.75. The molecule has 1 rings (SSSR count). The summed E-state index contributed by atoms with van der Waals surface area (Å²) in [5, 5.41) is 15.6. The van der Waals surface area contributed by atoms with Gasteiger partial charge in [0.25, 0.3) is 5.91 Å². The lowest BCUT2D eigenvalue weighted by Gasteiger charge is -2.08. The Morgan fingerprint density at radius 2 is 2.06 bits per heavy atom. The average Bonchev–Trinajstić information content (AvgIpc) is 2.60. The number of aryl methyl sites for hydroxylation is 2. The number of rotatable bonds is 5. The number of hydrogen-bond donors (Lipinski definition) is 2. The van der Waals surface area contributed by atoms with Crippen LogP contribution in [0.3, 0.4) is 0 Å². The fraction of sp³-hybridized carbons (Fsp3) is 0.583. The molecule has 6 heteroatoms. The van der Waals surface area contributed by atoms with E-state index in [2.05, 4.69) is 10.4 Å². The highest BCUT2D eigenvalue weighted by Gasteiger charge is 2.19. The second kappa shape index (κ2) is 5.66. The molecular formula is C12H19N3O3. The van der Waals surface area contributed by atoms with Gasteiger partial charge in [0.15, 0.2) is 0 Å². The van der Waals surface area contributed by atoms with Gasteiger partial charge in [-0.3, -0.25) is 14.3 Å². The summed E-state index contributed by atoms with van der Waals surface area (Å²) < 4.78 is 1.75. The maximum absolute atomic E-state index is 12.0. The monoisotopic (exact) mass is 253 g/mol. The average molecular weight is 253 g/mol. The molecule has 1 atom stereocenters. The summed E-state index contributed by atoms with van der Waals surface area (Å²) in [6.45, 7) is 7.93. The number of amides is 1. The van der Waals surface area contributed by atoms with Crippen molar-refractivity contribution in [3.05, 3.63) is 17.0 Å². The molecule has 1 amide bonds. The molecule has 18 heavy (non-hydrogen) atoms. The highest BCUT2D eigenvalue weighted by molar-refractivity contribution is 5.96. The van der Waals surface area contributed by atoms with Gasteiger partial charge in [-0.15, -0.1) is 0 Å². The summed E-state index contributed by atoms with van der Waals surface area (Å²) in [5.74, 6) is -1.79. The molecule has 0 aliphatic heterocycles. The molecule has 100 valence electrons. The lowest BCUT2D eigenvalue weighted by atomic mass is 10.1. The van der Waals surface area contributed by atoms with Crippen LogP contribution >= 0.6 is 0 Å². The maximum atomic E-state index is 12.0. The highest BCUT2D eigenvalue weighted by atomic mass is 16.4.